The maximum absolute atomic E-state index is 11.7. The number of esters is 1. The van der Waals surface area contributed by atoms with E-state index in [1.54, 1.807) is 0 Å². The zero-order valence-corrected chi connectivity index (χ0v) is 17.0. The number of carbonyl (C=O) groups excluding carboxylic acids is 1. The van der Waals surface area contributed by atoms with Gasteiger partial charge in [-0.05, 0) is 26.3 Å². The van der Waals surface area contributed by atoms with Crippen LogP contribution in [0.3, 0.4) is 0 Å². The molecule has 0 spiro atoms. The van der Waals surface area contributed by atoms with Crippen LogP contribution < -0.4 is 5.32 Å². The number of nitrogens with zero attached hydrogens (tertiary/aromatic N) is 2. The van der Waals surface area contributed by atoms with Crippen LogP contribution in [0.15, 0.2) is 35.3 Å². The van der Waals surface area contributed by atoms with Crippen LogP contribution in [0, 0.1) is 0 Å². The van der Waals surface area contributed by atoms with Crippen molar-refractivity contribution in [3.63, 3.8) is 0 Å². The Labute approximate surface area is 156 Å². The minimum Gasteiger partial charge on any atom is -0.460 e. The Morgan fingerprint density at radius 1 is 1.22 bits per heavy atom. The van der Waals surface area contributed by atoms with Crippen molar-refractivity contribution in [1.29, 1.82) is 0 Å². The highest BCUT2D eigenvalue weighted by Gasteiger charge is 2.15. The molecule has 1 rings (SSSR count). The molecule has 0 amide bonds. The molecule has 0 aliphatic carbocycles. The topological polar surface area (TPSA) is 53.9 Å². The summed E-state index contributed by atoms with van der Waals surface area (Å²) in [5.74, 6) is 0.550. The molecule has 0 radical (unpaired) electrons. The summed E-state index contributed by atoms with van der Waals surface area (Å²) < 4.78 is 5.28. The zero-order chi connectivity index (χ0) is 16.6. The van der Waals surface area contributed by atoms with E-state index in [1.807, 2.05) is 70.1 Å². The van der Waals surface area contributed by atoms with Crippen molar-refractivity contribution >= 4 is 35.9 Å². The van der Waals surface area contributed by atoms with E-state index in [0.29, 0.717) is 19.5 Å². The predicted octanol–water partition coefficient (Wildman–Crippen LogP) is 3.04. The minimum absolute atomic E-state index is 0. The summed E-state index contributed by atoms with van der Waals surface area (Å²) in [5.41, 5.74) is 0.707. The van der Waals surface area contributed by atoms with Crippen LogP contribution in [0.5, 0.6) is 0 Å². The number of carbonyl (C=O) groups is 1. The van der Waals surface area contributed by atoms with Crippen molar-refractivity contribution in [3.8, 4) is 0 Å². The van der Waals surface area contributed by atoms with Crippen LogP contribution in [-0.4, -0.2) is 43.1 Å². The van der Waals surface area contributed by atoms with Gasteiger partial charge in [-0.2, -0.15) is 0 Å². The minimum atomic E-state index is -0.442. The third-order valence-corrected chi connectivity index (χ3v) is 2.71. The lowest BCUT2D eigenvalue weighted by Gasteiger charge is -2.20. The molecule has 0 bridgehead atoms. The summed E-state index contributed by atoms with van der Waals surface area (Å²) in [5, 5.41) is 3.18. The maximum Gasteiger partial charge on any atom is 0.308 e. The van der Waals surface area contributed by atoms with Gasteiger partial charge in [0.1, 0.15) is 5.60 Å². The molecule has 0 aromatic heterocycles. The first-order chi connectivity index (χ1) is 10.3. The summed E-state index contributed by atoms with van der Waals surface area (Å²) in [7, 11) is 3.84. The molecule has 0 fully saturated rings. The molecule has 0 unspecified atom stereocenters. The number of hydrogen-bond acceptors (Lipinski definition) is 3. The molecule has 0 saturated carbocycles. The molecule has 130 valence electrons. The molecule has 6 heteroatoms. The Balaban J connectivity index is 0.00000484. The SMILES string of the molecule is CN(C)C(=NCc1ccccc1)NCCC(=O)OC(C)(C)C.I. The molecule has 0 aliphatic heterocycles. The maximum atomic E-state index is 11.7. The van der Waals surface area contributed by atoms with Crippen molar-refractivity contribution in [2.75, 3.05) is 20.6 Å². The molecule has 0 aliphatic rings. The van der Waals surface area contributed by atoms with Crippen LogP contribution in [0.4, 0.5) is 0 Å². The molecule has 5 nitrogen and oxygen atoms in total. The van der Waals surface area contributed by atoms with Crippen molar-refractivity contribution in [1.82, 2.24) is 10.2 Å². The number of aliphatic imine (C=N–C) groups is 1. The van der Waals surface area contributed by atoms with Gasteiger partial charge in [-0.1, -0.05) is 30.3 Å². The predicted molar refractivity (Wildman–Crippen MR) is 105 cm³/mol. The van der Waals surface area contributed by atoms with Crippen molar-refractivity contribution < 1.29 is 9.53 Å². The number of hydrogen-bond donors (Lipinski definition) is 1. The second kappa shape index (κ2) is 10.5. The van der Waals surface area contributed by atoms with E-state index in [0.717, 1.165) is 11.5 Å². The molecule has 1 N–H and O–H groups in total. The number of benzene rings is 1. The lowest BCUT2D eigenvalue weighted by molar-refractivity contribution is -0.154. The molecule has 0 atom stereocenters. The standard InChI is InChI=1S/C17H27N3O2.HI/c1-17(2,3)22-15(21)11-12-18-16(20(4)5)19-13-14-9-7-6-8-10-14;/h6-10H,11-13H2,1-5H3,(H,18,19);1H. The first kappa shape index (κ1) is 21.7. The van der Waals surface area contributed by atoms with Gasteiger partial charge < -0.3 is 15.0 Å². The molecule has 0 saturated heterocycles. The second-order valence-electron chi connectivity index (χ2n) is 6.28. The van der Waals surface area contributed by atoms with Gasteiger partial charge in [-0.25, -0.2) is 4.99 Å². The number of ether oxygens (including phenoxy) is 1. The Hall–Kier alpha value is -1.31. The Bertz CT molecular complexity index is 496. The van der Waals surface area contributed by atoms with E-state index < -0.39 is 5.60 Å². The van der Waals surface area contributed by atoms with Crippen molar-refractivity contribution in [3.05, 3.63) is 35.9 Å². The number of guanidine groups is 1. The van der Waals surface area contributed by atoms with Gasteiger partial charge in [0, 0.05) is 20.6 Å². The van der Waals surface area contributed by atoms with Crippen LogP contribution in [0.1, 0.15) is 32.8 Å². The summed E-state index contributed by atoms with van der Waals surface area (Å²) in [6.07, 6.45) is 0.315. The number of nitrogens with one attached hydrogen (secondary N) is 1. The Morgan fingerprint density at radius 2 is 1.83 bits per heavy atom. The summed E-state index contributed by atoms with van der Waals surface area (Å²) >= 11 is 0. The summed E-state index contributed by atoms with van der Waals surface area (Å²) in [4.78, 5) is 18.1. The Kier molecular flexibility index (Phi) is 9.87. The van der Waals surface area contributed by atoms with E-state index in [-0.39, 0.29) is 29.9 Å². The second-order valence-corrected chi connectivity index (χ2v) is 6.28. The Morgan fingerprint density at radius 3 is 2.35 bits per heavy atom. The van der Waals surface area contributed by atoms with Gasteiger partial charge in [-0.15, -0.1) is 24.0 Å². The third-order valence-electron chi connectivity index (χ3n) is 2.71. The van der Waals surface area contributed by atoms with Crippen LogP contribution in [0.25, 0.3) is 0 Å². The van der Waals surface area contributed by atoms with E-state index >= 15 is 0 Å². The quantitative estimate of drug-likeness (QED) is 0.336. The van der Waals surface area contributed by atoms with Gasteiger partial charge >= 0.3 is 5.97 Å². The van der Waals surface area contributed by atoms with Crippen LogP contribution in [0.2, 0.25) is 0 Å². The number of rotatable bonds is 5. The van der Waals surface area contributed by atoms with Gasteiger partial charge in [0.15, 0.2) is 5.96 Å². The molecule has 0 heterocycles. The fourth-order valence-electron chi connectivity index (χ4n) is 1.77. The summed E-state index contributed by atoms with van der Waals surface area (Å²) in [6.45, 7) is 6.70. The molecular weight excluding hydrogens is 405 g/mol. The van der Waals surface area contributed by atoms with Gasteiger partial charge in [0.25, 0.3) is 0 Å². The average Bonchev–Trinajstić information content (AvgIpc) is 2.41. The molecule has 1 aromatic carbocycles. The monoisotopic (exact) mass is 433 g/mol. The highest BCUT2D eigenvalue weighted by atomic mass is 127. The van der Waals surface area contributed by atoms with E-state index in [1.165, 1.54) is 0 Å². The molecule has 1 aromatic rings. The largest absolute Gasteiger partial charge is 0.460 e. The lowest BCUT2D eigenvalue weighted by atomic mass is 10.2. The lowest BCUT2D eigenvalue weighted by Crippen LogP contribution is -2.38. The third kappa shape index (κ3) is 10.1. The summed E-state index contributed by atoms with van der Waals surface area (Å²) in [6, 6.07) is 10.1. The van der Waals surface area contributed by atoms with Crippen molar-refractivity contribution in [2.24, 2.45) is 4.99 Å². The molecular formula is C17H28IN3O2. The van der Waals surface area contributed by atoms with Crippen LogP contribution >= 0.6 is 24.0 Å². The van der Waals surface area contributed by atoms with E-state index in [2.05, 4.69) is 10.3 Å². The van der Waals surface area contributed by atoms with E-state index in [9.17, 15) is 4.79 Å². The van der Waals surface area contributed by atoms with Gasteiger partial charge in [0.2, 0.25) is 0 Å². The number of halogens is 1. The zero-order valence-electron chi connectivity index (χ0n) is 14.6. The van der Waals surface area contributed by atoms with Crippen molar-refractivity contribution in [2.45, 2.75) is 39.3 Å². The van der Waals surface area contributed by atoms with Crippen LogP contribution in [-0.2, 0) is 16.1 Å². The average molecular weight is 433 g/mol. The van der Waals surface area contributed by atoms with Gasteiger partial charge in [-0.3, -0.25) is 4.79 Å². The smallest absolute Gasteiger partial charge is 0.308 e. The first-order valence-electron chi connectivity index (χ1n) is 7.49. The van der Waals surface area contributed by atoms with Gasteiger partial charge in [0.05, 0.1) is 13.0 Å². The van der Waals surface area contributed by atoms with E-state index in [4.69, 9.17) is 4.74 Å². The normalized spacial score (nSPS) is 11.4. The molecule has 23 heavy (non-hydrogen) atoms. The highest BCUT2D eigenvalue weighted by molar-refractivity contribution is 14.0. The fraction of sp³-hybridized carbons (Fsp3) is 0.529. The fourth-order valence-corrected chi connectivity index (χ4v) is 1.77. The highest BCUT2D eigenvalue weighted by Crippen LogP contribution is 2.07. The first-order valence-corrected chi connectivity index (χ1v) is 7.49.